The number of benzene rings is 1. The van der Waals surface area contributed by atoms with Gasteiger partial charge in [0, 0.05) is 22.7 Å². The van der Waals surface area contributed by atoms with E-state index in [0.717, 1.165) is 5.75 Å². The molecule has 3 rings (SSSR count). The van der Waals surface area contributed by atoms with Crippen molar-refractivity contribution in [2.24, 2.45) is 0 Å². The Labute approximate surface area is 135 Å². The number of halogens is 1. The minimum absolute atomic E-state index is 0.580. The molecule has 0 amide bonds. The molecule has 1 saturated carbocycles. The molecule has 1 aromatic carbocycles. The first-order valence-electron chi connectivity index (χ1n) is 7.67. The lowest BCUT2D eigenvalue weighted by atomic mass is 9.96. The van der Waals surface area contributed by atoms with Crippen molar-refractivity contribution >= 4 is 23.4 Å². The van der Waals surface area contributed by atoms with Crippen LogP contribution in [0.5, 0.6) is 0 Å². The molecular weight excluding hydrogens is 300 g/mol. The third-order valence-electron chi connectivity index (χ3n) is 4.08. The van der Waals surface area contributed by atoms with E-state index in [0.29, 0.717) is 11.9 Å². The molecule has 0 N–H and O–H groups in total. The molecule has 0 bridgehead atoms. The molecule has 1 fully saturated rings. The zero-order chi connectivity index (χ0) is 14.5. The number of rotatable bonds is 5. The van der Waals surface area contributed by atoms with Crippen LogP contribution >= 0.6 is 23.4 Å². The largest absolute Gasteiger partial charge is 0.269 e. The number of hydrogen-bond acceptors (Lipinski definition) is 2. The van der Waals surface area contributed by atoms with Crippen LogP contribution in [0.15, 0.2) is 41.4 Å². The normalized spacial score (nSPS) is 16.2. The van der Waals surface area contributed by atoms with E-state index in [2.05, 4.69) is 41.2 Å². The van der Waals surface area contributed by atoms with Gasteiger partial charge in [0.1, 0.15) is 0 Å². The molecule has 21 heavy (non-hydrogen) atoms. The lowest BCUT2D eigenvalue weighted by molar-refractivity contribution is 0.328. The van der Waals surface area contributed by atoms with Gasteiger partial charge >= 0.3 is 0 Å². The van der Waals surface area contributed by atoms with E-state index in [9.17, 15) is 0 Å². The lowest BCUT2D eigenvalue weighted by Gasteiger charge is -2.21. The van der Waals surface area contributed by atoms with E-state index >= 15 is 0 Å². The maximum absolute atomic E-state index is 5.81. The Morgan fingerprint density at radius 1 is 1.10 bits per heavy atom. The first-order valence-corrected chi connectivity index (χ1v) is 9.19. The summed E-state index contributed by atoms with van der Waals surface area (Å²) in [6.45, 7) is 0. The fourth-order valence-corrected chi connectivity index (χ4v) is 3.81. The highest BCUT2D eigenvalue weighted by atomic mass is 35.5. The van der Waals surface area contributed by atoms with Crippen LogP contribution in [-0.4, -0.2) is 9.78 Å². The molecule has 1 aliphatic rings. The molecule has 1 aromatic heterocycles. The van der Waals surface area contributed by atoms with E-state index < -0.39 is 0 Å². The minimum Gasteiger partial charge on any atom is -0.269 e. The highest BCUT2D eigenvalue weighted by Crippen LogP contribution is 2.28. The van der Waals surface area contributed by atoms with Gasteiger partial charge in [0.25, 0.3) is 0 Å². The summed E-state index contributed by atoms with van der Waals surface area (Å²) >= 11 is 7.64. The van der Waals surface area contributed by atoms with Crippen LogP contribution in [0.2, 0.25) is 0 Å². The van der Waals surface area contributed by atoms with Crippen molar-refractivity contribution in [3.05, 3.63) is 47.8 Å². The van der Waals surface area contributed by atoms with Gasteiger partial charge in [-0.1, -0.05) is 31.4 Å². The zero-order valence-corrected chi connectivity index (χ0v) is 13.7. The highest BCUT2D eigenvalue weighted by Gasteiger charge is 2.15. The Bertz CT molecular complexity index is 558. The molecule has 0 atom stereocenters. The molecule has 1 aliphatic carbocycles. The average Bonchev–Trinajstić information content (AvgIpc) is 3.03. The van der Waals surface area contributed by atoms with Crippen LogP contribution in [-0.2, 0) is 11.6 Å². The number of hydrogen-bond donors (Lipinski definition) is 0. The number of aromatic nitrogens is 2. The first kappa shape index (κ1) is 15.0. The van der Waals surface area contributed by atoms with Crippen LogP contribution < -0.4 is 0 Å². The third kappa shape index (κ3) is 4.04. The standard InChI is InChI=1S/C17H21ClN2S/c18-12-14-6-8-17(9-7-14)21-13-15-10-11-20(19-15)16-4-2-1-3-5-16/h6-11,16H,1-5,12-13H2. The Morgan fingerprint density at radius 2 is 1.86 bits per heavy atom. The fourth-order valence-electron chi connectivity index (χ4n) is 2.84. The molecule has 0 unspecified atom stereocenters. The summed E-state index contributed by atoms with van der Waals surface area (Å²) in [5, 5.41) is 4.76. The second-order valence-electron chi connectivity index (χ2n) is 5.65. The van der Waals surface area contributed by atoms with Crippen LogP contribution in [0.25, 0.3) is 0 Å². The molecule has 2 aromatic rings. The number of thioether (sulfide) groups is 1. The summed E-state index contributed by atoms with van der Waals surface area (Å²) in [6.07, 6.45) is 8.81. The Balaban J connectivity index is 1.56. The Morgan fingerprint density at radius 3 is 2.57 bits per heavy atom. The second-order valence-corrected chi connectivity index (χ2v) is 6.96. The molecule has 1 heterocycles. The van der Waals surface area contributed by atoms with Crippen LogP contribution in [0, 0.1) is 0 Å². The summed E-state index contributed by atoms with van der Waals surface area (Å²) < 4.78 is 2.19. The van der Waals surface area contributed by atoms with Gasteiger partial charge in [-0.3, -0.25) is 4.68 Å². The topological polar surface area (TPSA) is 17.8 Å². The maximum atomic E-state index is 5.81. The van der Waals surface area contributed by atoms with E-state index in [4.69, 9.17) is 16.7 Å². The number of alkyl halides is 1. The van der Waals surface area contributed by atoms with Crippen molar-refractivity contribution in [3.63, 3.8) is 0 Å². The molecule has 0 radical (unpaired) electrons. The van der Waals surface area contributed by atoms with Crippen molar-refractivity contribution in [2.45, 2.75) is 54.7 Å². The summed E-state index contributed by atoms with van der Waals surface area (Å²) in [7, 11) is 0. The monoisotopic (exact) mass is 320 g/mol. The molecular formula is C17H21ClN2S. The Hall–Kier alpha value is -0.930. The van der Waals surface area contributed by atoms with E-state index in [-0.39, 0.29) is 0 Å². The predicted molar refractivity (Wildman–Crippen MR) is 89.9 cm³/mol. The van der Waals surface area contributed by atoms with Crippen LogP contribution in [0.1, 0.15) is 49.4 Å². The molecule has 0 saturated heterocycles. The highest BCUT2D eigenvalue weighted by molar-refractivity contribution is 7.98. The number of nitrogens with zero attached hydrogens (tertiary/aromatic N) is 2. The summed E-state index contributed by atoms with van der Waals surface area (Å²) in [4.78, 5) is 1.27. The van der Waals surface area contributed by atoms with Gasteiger partial charge in [0.15, 0.2) is 0 Å². The van der Waals surface area contributed by atoms with Gasteiger partial charge in [-0.25, -0.2) is 0 Å². The van der Waals surface area contributed by atoms with Gasteiger partial charge in [-0.2, -0.15) is 5.10 Å². The lowest BCUT2D eigenvalue weighted by Crippen LogP contribution is -2.13. The molecule has 2 nitrogen and oxygen atoms in total. The van der Waals surface area contributed by atoms with E-state index in [1.54, 1.807) is 0 Å². The maximum Gasteiger partial charge on any atom is 0.0727 e. The quantitative estimate of drug-likeness (QED) is 0.541. The van der Waals surface area contributed by atoms with Gasteiger partial charge in [0.05, 0.1) is 11.7 Å². The van der Waals surface area contributed by atoms with Crippen molar-refractivity contribution in [3.8, 4) is 0 Å². The predicted octanol–water partition coefficient (Wildman–Crippen LogP) is 5.42. The summed E-state index contributed by atoms with van der Waals surface area (Å²) in [6, 6.07) is 11.3. The molecule has 0 spiro atoms. The first-order chi connectivity index (χ1) is 10.3. The van der Waals surface area contributed by atoms with Crippen molar-refractivity contribution < 1.29 is 0 Å². The molecule has 0 aliphatic heterocycles. The third-order valence-corrected chi connectivity index (χ3v) is 5.43. The average molecular weight is 321 g/mol. The Kier molecular flexibility index (Phi) is 5.26. The van der Waals surface area contributed by atoms with Gasteiger partial charge < -0.3 is 0 Å². The van der Waals surface area contributed by atoms with E-state index in [1.165, 1.54) is 48.3 Å². The van der Waals surface area contributed by atoms with Crippen molar-refractivity contribution in [2.75, 3.05) is 0 Å². The van der Waals surface area contributed by atoms with Crippen LogP contribution in [0.3, 0.4) is 0 Å². The smallest absolute Gasteiger partial charge is 0.0727 e. The van der Waals surface area contributed by atoms with Crippen LogP contribution in [0.4, 0.5) is 0 Å². The minimum atomic E-state index is 0.580. The fraction of sp³-hybridized carbons (Fsp3) is 0.471. The van der Waals surface area contributed by atoms with Gasteiger partial charge in [0.2, 0.25) is 0 Å². The van der Waals surface area contributed by atoms with E-state index in [1.807, 2.05) is 11.8 Å². The molecule has 4 heteroatoms. The second kappa shape index (κ2) is 7.37. The summed E-state index contributed by atoms with van der Waals surface area (Å²) in [5.74, 6) is 1.51. The SMILES string of the molecule is ClCc1ccc(SCc2ccn(C3CCCCC3)n2)cc1. The van der Waals surface area contributed by atoms with Crippen molar-refractivity contribution in [1.82, 2.24) is 9.78 Å². The van der Waals surface area contributed by atoms with Gasteiger partial charge in [-0.15, -0.1) is 23.4 Å². The zero-order valence-electron chi connectivity index (χ0n) is 12.2. The van der Waals surface area contributed by atoms with Gasteiger partial charge in [-0.05, 0) is 36.6 Å². The van der Waals surface area contributed by atoms with Crippen molar-refractivity contribution in [1.29, 1.82) is 0 Å². The molecule has 112 valence electrons. The summed E-state index contributed by atoms with van der Waals surface area (Å²) in [5.41, 5.74) is 2.34.